The van der Waals surface area contributed by atoms with E-state index in [0.717, 1.165) is 12.1 Å². The summed E-state index contributed by atoms with van der Waals surface area (Å²) >= 11 is 0. The molecule has 21 heavy (non-hydrogen) atoms. The topological polar surface area (TPSA) is 38.3 Å². The largest absolute Gasteiger partial charge is 0.464 e. The van der Waals surface area contributed by atoms with Crippen LogP contribution in [-0.4, -0.2) is 25.3 Å². The number of halogens is 4. The number of hydrogen-bond acceptors (Lipinski definition) is 3. The molecule has 1 aromatic carbocycles. The van der Waals surface area contributed by atoms with Crippen LogP contribution in [-0.2, 0) is 15.1 Å². The minimum Gasteiger partial charge on any atom is -0.464 e. The number of hydrogen-bond donors (Lipinski definition) is 1. The Kier molecular flexibility index (Phi) is 5.71. The van der Waals surface area contributed by atoms with E-state index in [1.807, 2.05) is 0 Å². The normalized spacial score (nSPS) is 14.6. The molecule has 0 saturated heterocycles. The second kappa shape index (κ2) is 6.89. The molecule has 1 aromatic rings. The lowest BCUT2D eigenvalue weighted by atomic mass is 9.87. The molecule has 1 atom stereocenters. The van der Waals surface area contributed by atoms with Crippen LogP contribution in [0, 0.1) is 5.82 Å². The summed E-state index contributed by atoms with van der Waals surface area (Å²) in [5.41, 5.74) is -1.42. The van der Waals surface area contributed by atoms with E-state index < -0.39 is 30.0 Å². The van der Waals surface area contributed by atoms with Crippen molar-refractivity contribution >= 4 is 5.97 Å². The highest BCUT2D eigenvalue weighted by Gasteiger charge is 2.43. The van der Waals surface area contributed by atoms with E-state index in [2.05, 4.69) is 5.32 Å². The highest BCUT2D eigenvalue weighted by Crippen LogP contribution is 2.28. The average Bonchev–Trinajstić information content (AvgIpc) is 2.41. The second-order valence-electron chi connectivity index (χ2n) is 4.45. The fourth-order valence-corrected chi connectivity index (χ4v) is 2.01. The van der Waals surface area contributed by atoms with Crippen LogP contribution in [0.15, 0.2) is 24.3 Å². The van der Waals surface area contributed by atoms with Gasteiger partial charge in [-0.1, -0.05) is 19.1 Å². The third kappa shape index (κ3) is 4.42. The van der Waals surface area contributed by atoms with Gasteiger partial charge < -0.3 is 4.74 Å². The van der Waals surface area contributed by atoms with Crippen molar-refractivity contribution in [2.24, 2.45) is 0 Å². The van der Waals surface area contributed by atoms with Gasteiger partial charge in [-0.15, -0.1) is 0 Å². The zero-order valence-electron chi connectivity index (χ0n) is 11.8. The van der Waals surface area contributed by atoms with Crippen LogP contribution < -0.4 is 5.32 Å². The molecule has 118 valence electrons. The molecule has 0 aromatic heterocycles. The quantitative estimate of drug-likeness (QED) is 0.648. The first kappa shape index (κ1) is 17.4. The summed E-state index contributed by atoms with van der Waals surface area (Å²) in [6.45, 7) is 1.81. The summed E-state index contributed by atoms with van der Waals surface area (Å²) in [6, 6.07) is 4.74. The maximum absolute atomic E-state index is 13.0. The van der Waals surface area contributed by atoms with E-state index in [9.17, 15) is 22.4 Å². The Morgan fingerprint density at radius 2 is 1.76 bits per heavy atom. The number of nitrogens with one attached hydrogen (secondary N) is 1. The summed E-state index contributed by atoms with van der Waals surface area (Å²) in [5.74, 6) is -1.35. The molecule has 0 radical (unpaired) electrons. The molecular formula is C14H17F4NO2. The summed E-state index contributed by atoms with van der Waals surface area (Å²) in [4.78, 5) is 12.2. The van der Waals surface area contributed by atoms with E-state index in [1.54, 1.807) is 13.8 Å². The molecule has 7 heteroatoms. The van der Waals surface area contributed by atoms with Crippen LogP contribution in [0.5, 0.6) is 0 Å². The second-order valence-corrected chi connectivity index (χ2v) is 4.45. The van der Waals surface area contributed by atoms with Gasteiger partial charge in [-0.2, -0.15) is 13.2 Å². The molecule has 0 fully saturated rings. The minimum absolute atomic E-state index is 0.0353. The number of carbonyl (C=O) groups is 1. The first-order chi connectivity index (χ1) is 9.75. The lowest BCUT2D eigenvalue weighted by Gasteiger charge is -2.32. The lowest BCUT2D eigenvalue weighted by molar-refractivity contribution is -0.156. The van der Waals surface area contributed by atoms with Crippen molar-refractivity contribution in [3.8, 4) is 0 Å². The molecule has 0 bridgehead atoms. The van der Waals surface area contributed by atoms with Crippen LogP contribution in [0.25, 0.3) is 0 Å². The first-order valence-corrected chi connectivity index (χ1v) is 6.50. The summed E-state index contributed by atoms with van der Waals surface area (Å²) in [5, 5.41) is 2.22. The predicted molar refractivity (Wildman–Crippen MR) is 69.1 cm³/mol. The van der Waals surface area contributed by atoms with E-state index in [0.29, 0.717) is 0 Å². The van der Waals surface area contributed by atoms with Crippen LogP contribution in [0.1, 0.15) is 25.8 Å². The Balaban J connectivity index is 3.18. The van der Waals surface area contributed by atoms with Crippen LogP contribution in [0.4, 0.5) is 17.6 Å². The summed E-state index contributed by atoms with van der Waals surface area (Å²) < 4.78 is 55.3. The fourth-order valence-electron chi connectivity index (χ4n) is 2.01. The zero-order valence-corrected chi connectivity index (χ0v) is 11.8. The summed E-state index contributed by atoms with van der Waals surface area (Å²) in [6.07, 6.45) is -4.44. The van der Waals surface area contributed by atoms with Gasteiger partial charge in [0.2, 0.25) is 0 Å². The highest BCUT2D eigenvalue weighted by molar-refractivity contribution is 5.82. The van der Waals surface area contributed by atoms with E-state index in [4.69, 9.17) is 4.74 Å². The molecule has 0 aliphatic carbocycles. The fraction of sp³-hybridized carbons (Fsp3) is 0.500. The standard InChI is InChI=1S/C14H17F4NO2/c1-3-13(12(20)21-4-2,19-9-14(16,17)18)10-5-7-11(15)8-6-10/h5-8,19H,3-4,9H2,1-2H3. The maximum atomic E-state index is 13.0. The van der Waals surface area contributed by atoms with Crippen molar-refractivity contribution in [2.45, 2.75) is 32.0 Å². The Hall–Kier alpha value is -1.63. The first-order valence-electron chi connectivity index (χ1n) is 6.50. The van der Waals surface area contributed by atoms with E-state index >= 15 is 0 Å². The van der Waals surface area contributed by atoms with Gasteiger partial charge in [0.05, 0.1) is 13.2 Å². The minimum atomic E-state index is -4.48. The number of rotatable bonds is 6. The summed E-state index contributed by atoms with van der Waals surface area (Å²) in [7, 11) is 0. The number of benzene rings is 1. The van der Waals surface area contributed by atoms with Crippen molar-refractivity contribution in [1.82, 2.24) is 5.32 Å². The number of carbonyl (C=O) groups excluding carboxylic acids is 1. The SMILES string of the molecule is CCOC(=O)C(CC)(NCC(F)(F)F)c1ccc(F)cc1. The van der Waals surface area contributed by atoms with Crippen molar-refractivity contribution in [2.75, 3.05) is 13.2 Å². The molecule has 0 aliphatic rings. The lowest BCUT2D eigenvalue weighted by Crippen LogP contribution is -2.52. The van der Waals surface area contributed by atoms with Gasteiger partial charge in [-0.05, 0) is 31.0 Å². The molecule has 0 aliphatic heterocycles. The number of alkyl halides is 3. The highest BCUT2D eigenvalue weighted by atomic mass is 19.4. The van der Waals surface area contributed by atoms with Crippen LogP contribution >= 0.6 is 0 Å². The third-order valence-electron chi connectivity index (χ3n) is 3.08. The van der Waals surface area contributed by atoms with Crippen molar-refractivity contribution < 1.29 is 27.1 Å². The van der Waals surface area contributed by atoms with Crippen LogP contribution in [0.2, 0.25) is 0 Å². The Morgan fingerprint density at radius 3 is 2.19 bits per heavy atom. The Morgan fingerprint density at radius 1 is 1.19 bits per heavy atom. The monoisotopic (exact) mass is 307 g/mol. The van der Waals surface area contributed by atoms with Gasteiger partial charge in [0.25, 0.3) is 0 Å². The number of ether oxygens (including phenoxy) is 1. The molecule has 1 rings (SSSR count). The molecule has 0 heterocycles. The van der Waals surface area contributed by atoms with Gasteiger partial charge in [0.1, 0.15) is 11.4 Å². The van der Waals surface area contributed by atoms with Crippen molar-refractivity contribution in [3.63, 3.8) is 0 Å². The number of esters is 1. The molecule has 1 unspecified atom stereocenters. The van der Waals surface area contributed by atoms with E-state index in [-0.39, 0.29) is 18.6 Å². The molecule has 3 nitrogen and oxygen atoms in total. The smallest absolute Gasteiger partial charge is 0.401 e. The van der Waals surface area contributed by atoms with Gasteiger partial charge >= 0.3 is 12.1 Å². The Bertz CT molecular complexity index is 473. The third-order valence-corrected chi connectivity index (χ3v) is 3.08. The predicted octanol–water partition coefficient (Wildman–Crippen LogP) is 3.15. The zero-order chi connectivity index (χ0) is 16.1. The Labute approximate surface area is 120 Å². The van der Waals surface area contributed by atoms with Crippen LogP contribution in [0.3, 0.4) is 0 Å². The van der Waals surface area contributed by atoms with Gasteiger partial charge in [-0.25, -0.2) is 9.18 Å². The van der Waals surface area contributed by atoms with E-state index in [1.165, 1.54) is 12.1 Å². The average molecular weight is 307 g/mol. The van der Waals surface area contributed by atoms with Gasteiger partial charge in [0.15, 0.2) is 0 Å². The molecule has 0 spiro atoms. The van der Waals surface area contributed by atoms with Gasteiger partial charge in [-0.3, -0.25) is 5.32 Å². The maximum Gasteiger partial charge on any atom is 0.401 e. The van der Waals surface area contributed by atoms with Crippen molar-refractivity contribution in [1.29, 1.82) is 0 Å². The molecular weight excluding hydrogens is 290 g/mol. The van der Waals surface area contributed by atoms with Gasteiger partial charge in [0, 0.05) is 0 Å². The molecule has 1 N–H and O–H groups in total. The van der Waals surface area contributed by atoms with Crippen molar-refractivity contribution in [3.05, 3.63) is 35.6 Å². The molecule has 0 saturated carbocycles. The molecule has 0 amide bonds.